The maximum absolute atomic E-state index is 12.3. The topological polar surface area (TPSA) is 78.5 Å². The number of rotatable bonds is 6. The first-order chi connectivity index (χ1) is 17.9. The molecular formula is C31H37N3O3. The van der Waals surface area contributed by atoms with E-state index in [9.17, 15) is 15.2 Å². The number of aliphatic hydroxyl groups is 1. The number of hydrogen-bond acceptors (Lipinski definition) is 5. The Bertz CT molecular complexity index is 1320. The summed E-state index contributed by atoms with van der Waals surface area (Å²) in [5.41, 5.74) is 6.58. The van der Waals surface area contributed by atoms with Gasteiger partial charge in [-0.15, -0.1) is 0 Å². The molecule has 3 aromatic rings. The molecular weight excluding hydrogens is 462 g/mol. The first kappa shape index (κ1) is 25.4. The molecule has 1 N–H and O–H groups in total. The van der Waals surface area contributed by atoms with E-state index in [1.165, 1.54) is 40.5 Å². The van der Waals surface area contributed by atoms with E-state index in [0.29, 0.717) is 25.4 Å². The third-order valence-corrected chi connectivity index (χ3v) is 8.83. The number of carbonyl (C=O) groups is 1. The number of nitriles is 1. The second-order valence-corrected chi connectivity index (χ2v) is 10.9. The molecule has 2 aliphatic rings. The summed E-state index contributed by atoms with van der Waals surface area (Å²) in [4.78, 5) is 14.2. The van der Waals surface area contributed by atoms with E-state index in [1.807, 2.05) is 11.8 Å². The predicted molar refractivity (Wildman–Crippen MR) is 144 cm³/mol. The average molecular weight is 500 g/mol. The number of ether oxygens (including phenoxy) is 1. The number of methoxy groups -OCH3 is 1. The summed E-state index contributed by atoms with van der Waals surface area (Å²) in [6.45, 7) is 5.54. The number of hydrogen-bond donors (Lipinski definition) is 1. The lowest BCUT2D eigenvalue weighted by atomic mass is 9.71. The quantitative estimate of drug-likeness (QED) is 0.286. The van der Waals surface area contributed by atoms with Crippen LogP contribution in [-0.4, -0.2) is 46.8 Å². The molecule has 6 nitrogen and oxygen atoms in total. The molecule has 0 amide bonds. The van der Waals surface area contributed by atoms with Gasteiger partial charge in [-0.2, -0.15) is 5.26 Å². The number of carbonyl (C=O) groups excluding carboxylic acids is 1. The molecule has 2 heterocycles. The SMILES string of the molecule is COC(=O)[C@@H]1[C@@H](C)[C@H](CN(C#N)CCc2c3n(c4ccccc24)-c2ccccc2CCC3C)CC[C@@H]1O. The minimum absolute atomic E-state index is 0.0462. The van der Waals surface area contributed by atoms with Crippen molar-refractivity contribution in [2.24, 2.45) is 17.8 Å². The summed E-state index contributed by atoms with van der Waals surface area (Å²) in [6.07, 6.45) is 6.03. The molecule has 0 spiro atoms. The van der Waals surface area contributed by atoms with Crippen LogP contribution >= 0.6 is 0 Å². The first-order valence-electron chi connectivity index (χ1n) is 13.6. The number of aliphatic hydroxyl groups excluding tert-OH is 1. The zero-order chi connectivity index (χ0) is 26.1. The molecule has 2 aromatic carbocycles. The Morgan fingerprint density at radius 3 is 2.68 bits per heavy atom. The predicted octanol–water partition coefficient (Wildman–Crippen LogP) is 5.20. The van der Waals surface area contributed by atoms with Crippen molar-refractivity contribution in [2.45, 2.75) is 58.0 Å². The van der Waals surface area contributed by atoms with Crippen LogP contribution in [-0.2, 0) is 22.4 Å². The second kappa shape index (κ2) is 10.6. The van der Waals surface area contributed by atoms with E-state index in [0.717, 1.165) is 25.7 Å². The van der Waals surface area contributed by atoms with Crippen molar-refractivity contribution < 1.29 is 14.6 Å². The Balaban J connectivity index is 1.42. The van der Waals surface area contributed by atoms with E-state index in [2.05, 4.69) is 66.2 Å². The molecule has 1 aromatic heterocycles. The van der Waals surface area contributed by atoms with Crippen LogP contribution < -0.4 is 0 Å². The summed E-state index contributed by atoms with van der Waals surface area (Å²) in [5.74, 6) is -0.371. The fraction of sp³-hybridized carbons (Fsp3) is 0.484. The highest BCUT2D eigenvalue weighted by molar-refractivity contribution is 5.88. The van der Waals surface area contributed by atoms with Crippen LogP contribution in [0.4, 0.5) is 0 Å². The van der Waals surface area contributed by atoms with Crippen molar-refractivity contribution in [1.82, 2.24) is 9.47 Å². The summed E-state index contributed by atoms with van der Waals surface area (Å²) in [7, 11) is 1.37. The van der Waals surface area contributed by atoms with E-state index in [4.69, 9.17) is 4.74 Å². The minimum Gasteiger partial charge on any atom is -0.469 e. The monoisotopic (exact) mass is 499 g/mol. The average Bonchev–Trinajstić information content (AvgIpc) is 3.17. The minimum atomic E-state index is -0.679. The normalized spacial score (nSPS) is 25.0. The first-order valence-corrected chi connectivity index (χ1v) is 13.6. The highest BCUT2D eigenvalue weighted by atomic mass is 16.5. The number of fused-ring (bicyclic) bond motifs is 5. The van der Waals surface area contributed by atoms with Gasteiger partial charge in [0.2, 0.25) is 0 Å². The highest BCUT2D eigenvalue weighted by Gasteiger charge is 2.41. The van der Waals surface area contributed by atoms with Gasteiger partial charge in [-0.25, -0.2) is 0 Å². The van der Waals surface area contributed by atoms with Gasteiger partial charge in [0.15, 0.2) is 6.19 Å². The summed E-state index contributed by atoms with van der Waals surface area (Å²) >= 11 is 0. The van der Waals surface area contributed by atoms with Crippen molar-refractivity contribution in [3.05, 3.63) is 65.4 Å². The molecule has 37 heavy (non-hydrogen) atoms. The molecule has 1 saturated carbocycles. The third kappa shape index (κ3) is 4.62. The molecule has 194 valence electrons. The molecule has 0 bridgehead atoms. The molecule has 6 heteroatoms. The highest BCUT2D eigenvalue weighted by Crippen LogP contribution is 2.40. The summed E-state index contributed by atoms with van der Waals surface area (Å²) in [6, 6.07) is 17.3. The van der Waals surface area contributed by atoms with Gasteiger partial charge in [0.1, 0.15) is 0 Å². The lowest BCUT2D eigenvalue weighted by Crippen LogP contribution is -2.45. The summed E-state index contributed by atoms with van der Waals surface area (Å²) in [5, 5.41) is 21.7. The fourth-order valence-corrected chi connectivity index (χ4v) is 6.76. The number of benzene rings is 2. The molecule has 5 atom stereocenters. The van der Waals surface area contributed by atoms with Crippen molar-refractivity contribution in [1.29, 1.82) is 5.26 Å². The molecule has 0 radical (unpaired) electrons. The van der Waals surface area contributed by atoms with Crippen LogP contribution in [0.25, 0.3) is 16.6 Å². The van der Waals surface area contributed by atoms with Crippen LogP contribution in [0.2, 0.25) is 0 Å². The molecule has 5 rings (SSSR count). The Hall–Kier alpha value is -3.30. The van der Waals surface area contributed by atoms with E-state index in [1.54, 1.807) is 0 Å². The Morgan fingerprint density at radius 2 is 1.89 bits per heavy atom. The molecule has 0 saturated heterocycles. The largest absolute Gasteiger partial charge is 0.469 e. The van der Waals surface area contributed by atoms with Gasteiger partial charge in [-0.05, 0) is 73.1 Å². The van der Waals surface area contributed by atoms with Gasteiger partial charge in [0.05, 0.1) is 24.6 Å². The zero-order valence-electron chi connectivity index (χ0n) is 22.1. The van der Waals surface area contributed by atoms with Crippen molar-refractivity contribution in [3.63, 3.8) is 0 Å². The van der Waals surface area contributed by atoms with Crippen LogP contribution in [0.3, 0.4) is 0 Å². The number of nitrogens with zero attached hydrogens (tertiary/aromatic N) is 3. The van der Waals surface area contributed by atoms with E-state index >= 15 is 0 Å². The van der Waals surface area contributed by atoms with Gasteiger partial charge in [0.25, 0.3) is 0 Å². The number of aryl methyl sites for hydroxylation is 1. The maximum Gasteiger partial charge on any atom is 0.311 e. The Kier molecular flexibility index (Phi) is 7.26. The molecule has 1 unspecified atom stereocenters. The van der Waals surface area contributed by atoms with Crippen LogP contribution in [0.5, 0.6) is 0 Å². The number of aromatic nitrogens is 1. The van der Waals surface area contributed by atoms with Crippen LogP contribution in [0.15, 0.2) is 48.5 Å². The van der Waals surface area contributed by atoms with Gasteiger partial charge < -0.3 is 19.3 Å². The van der Waals surface area contributed by atoms with Gasteiger partial charge in [-0.1, -0.05) is 50.2 Å². The second-order valence-electron chi connectivity index (χ2n) is 10.9. The number of esters is 1. The number of para-hydroxylation sites is 2. The van der Waals surface area contributed by atoms with Gasteiger partial charge in [0, 0.05) is 29.9 Å². The van der Waals surface area contributed by atoms with Gasteiger partial charge in [-0.3, -0.25) is 4.79 Å². The smallest absolute Gasteiger partial charge is 0.311 e. The van der Waals surface area contributed by atoms with Gasteiger partial charge >= 0.3 is 5.97 Å². The van der Waals surface area contributed by atoms with Crippen LogP contribution in [0, 0.1) is 29.2 Å². The lowest BCUT2D eigenvalue weighted by molar-refractivity contribution is -0.156. The standard InChI is InChI=1S/C31H37N3O3/c1-20-12-13-22-8-4-6-10-26(22)34-27-11-7-5-9-24(27)25(30(20)34)16-17-33(19-32)18-23-14-15-28(35)29(21(23)2)31(36)37-3/h4-11,20-21,23,28-29,35H,12-18H2,1-3H3/t20?,21-,23-,28-,29+/m0/s1. The Morgan fingerprint density at radius 1 is 1.14 bits per heavy atom. The molecule has 1 aliphatic carbocycles. The van der Waals surface area contributed by atoms with E-state index in [-0.39, 0.29) is 17.8 Å². The lowest BCUT2D eigenvalue weighted by Gasteiger charge is -2.39. The van der Waals surface area contributed by atoms with Crippen molar-refractivity contribution in [3.8, 4) is 11.9 Å². The molecule has 1 fully saturated rings. The zero-order valence-corrected chi connectivity index (χ0v) is 22.1. The van der Waals surface area contributed by atoms with Crippen molar-refractivity contribution in [2.75, 3.05) is 20.2 Å². The summed E-state index contributed by atoms with van der Waals surface area (Å²) < 4.78 is 7.42. The Labute approximate surface area is 219 Å². The maximum atomic E-state index is 12.3. The molecule has 1 aliphatic heterocycles. The van der Waals surface area contributed by atoms with E-state index < -0.39 is 12.0 Å². The third-order valence-electron chi connectivity index (χ3n) is 8.83. The van der Waals surface area contributed by atoms with Crippen molar-refractivity contribution >= 4 is 16.9 Å². The van der Waals surface area contributed by atoms with Crippen LogP contribution in [0.1, 0.15) is 55.8 Å². The fourth-order valence-electron chi connectivity index (χ4n) is 6.76.